The van der Waals surface area contributed by atoms with Crippen molar-refractivity contribution in [3.05, 3.63) is 12.2 Å². The Kier molecular flexibility index (Phi) is 2.50. The van der Waals surface area contributed by atoms with Crippen molar-refractivity contribution in [2.24, 2.45) is 0 Å². The molecule has 10 heavy (non-hydrogen) atoms. The summed E-state index contributed by atoms with van der Waals surface area (Å²) in [5, 5.41) is 9.78. The molecule has 0 aliphatic heterocycles. The zero-order chi connectivity index (χ0) is 7.45. The van der Waals surface area contributed by atoms with Gasteiger partial charge in [-0.25, -0.2) is 0 Å². The SMILES string of the molecule is CCCC1(O)C=CCCC1. The lowest BCUT2D eigenvalue weighted by Crippen LogP contribution is -2.26. The van der Waals surface area contributed by atoms with Gasteiger partial charge in [0, 0.05) is 0 Å². The maximum absolute atomic E-state index is 9.78. The van der Waals surface area contributed by atoms with Crippen LogP contribution in [0.3, 0.4) is 0 Å². The van der Waals surface area contributed by atoms with Gasteiger partial charge in [0.25, 0.3) is 0 Å². The van der Waals surface area contributed by atoms with E-state index in [1.54, 1.807) is 0 Å². The second-order valence-electron chi connectivity index (χ2n) is 3.15. The van der Waals surface area contributed by atoms with E-state index in [9.17, 15) is 5.11 Å². The third-order valence-corrected chi connectivity index (χ3v) is 2.09. The Bertz CT molecular complexity index is 129. The number of hydrogen-bond acceptors (Lipinski definition) is 1. The Morgan fingerprint density at radius 1 is 1.60 bits per heavy atom. The van der Waals surface area contributed by atoms with E-state index in [2.05, 4.69) is 13.0 Å². The number of rotatable bonds is 2. The Morgan fingerprint density at radius 2 is 2.40 bits per heavy atom. The molecule has 0 bridgehead atoms. The van der Waals surface area contributed by atoms with E-state index in [1.807, 2.05) is 6.08 Å². The summed E-state index contributed by atoms with van der Waals surface area (Å²) in [6.45, 7) is 2.11. The molecule has 0 spiro atoms. The van der Waals surface area contributed by atoms with E-state index in [0.717, 1.165) is 32.1 Å². The van der Waals surface area contributed by atoms with Crippen LogP contribution in [0, 0.1) is 0 Å². The zero-order valence-electron chi connectivity index (χ0n) is 6.64. The highest BCUT2D eigenvalue weighted by molar-refractivity contribution is 5.04. The standard InChI is InChI=1S/C9H16O/c1-2-6-9(10)7-4-3-5-8-9/h4,7,10H,2-3,5-6,8H2,1H3. The fourth-order valence-corrected chi connectivity index (χ4v) is 1.55. The maximum atomic E-state index is 9.78. The van der Waals surface area contributed by atoms with Crippen LogP contribution in [0.1, 0.15) is 39.0 Å². The van der Waals surface area contributed by atoms with Crippen LogP contribution >= 0.6 is 0 Å². The van der Waals surface area contributed by atoms with Gasteiger partial charge in [-0.2, -0.15) is 0 Å². The van der Waals surface area contributed by atoms with E-state index in [0.29, 0.717) is 0 Å². The first-order chi connectivity index (χ1) is 4.77. The summed E-state index contributed by atoms with van der Waals surface area (Å²) in [4.78, 5) is 0. The van der Waals surface area contributed by atoms with Crippen molar-refractivity contribution in [1.82, 2.24) is 0 Å². The second-order valence-corrected chi connectivity index (χ2v) is 3.15. The van der Waals surface area contributed by atoms with E-state index in [-0.39, 0.29) is 0 Å². The van der Waals surface area contributed by atoms with Gasteiger partial charge < -0.3 is 5.11 Å². The molecule has 1 rings (SSSR count). The van der Waals surface area contributed by atoms with Crippen LogP contribution < -0.4 is 0 Å². The monoisotopic (exact) mass is 140 g/mol. The molecule has 1 aliphatic rings. The number of allylic oxidation sites excluding steroid dienone is 1. The average Bonchev–Trinajstić information content (AvgIpc) is 1.89. The molecule has 0 saturated heterocycles. The minimum Gasteiger partial charge on any atom is -0.386 e. The van der Waals surface area contributed by atoms with E-state index in [1.165, 1.54) is 0 Å². The van der Waals surface area contributed by atoms with Crippen molar-refractivity contribution in [3.63, 3.8) is 0 Å². The molecule has 0 heterocycles. The van der Waals surface area contributed by atoms with Crippen LogP contribution in [0.25, 0.3) is 0 Å². The summed E-state index contributed by atoms with van der Waals surface area (Å²) in [7, 11) is 0. The Balaban J connectivity index is 2.48. The van der Waals surface area contributed by atoms with E-state index >= 15 is 0 Å². The predicted octanol–water partition coefficient (Wildman–Crippen LogP) is 2.26. The molecule has 1 atom stereocenters. The molecule has 0 saturated carbocycles. The summed E-state index contributed by atoms with van der Waals surface area (Å²) in [6.07, 6.45) is 9.31. The first-order valence-corrected chi connectivity index (χ1v) is 4.17. The third kappa shape index (κ3) is 1.84. The summed E-state index contributed by atoms with van der Waals surface area (Å²) in [5.41, 5.74) is -0.451. The lowest BCUT2D eigenvalue weighted by atomic mass is 9.87. The topological polar surface area (TPSA) is 20.2 Å². The Morgan fingerprint density at radius 3 is 2.90 bits per heavy atom. The summed E-state index contributed by atoms with van der Waals surface area (Å²) in [6, 6.07) is 0. The molecule has 0 aromatic heterocycles. The first kappa shape index (κ1) is 7.80. The van der Waals surface area contributed by atoms with Crippen molar-refractivity contribution >= 4 is 0 Å². The molecule has 1 heteroatoms. The molecule has 0 aromatic rings. The van der Waals surface area contributed by atoms with Crippen LogP contribution in [0.5, 0.6) is 0 Å². The number of aliphatic hydroxyl groups is 1. The molecule has 0 radical (unpaired) electrons. The van der Waals surface area contributed by atoms with Gasteiger partial charge >= 0.3 is 0 Å². The molecule has 58 valence electrons. The fraction of sp³-hybridized carbons (Fsp3) is 0.778. The molecule has 1 nitrogen and oxygen atoms in total. The van der Waals surface area contributed by atoms with Crippen molar-refractivity contribution in [3.8, 4) is 0 Å². The average molecular weight is 140 g/mol. The van der Waals surface area contributed by atoms with Gasteiger partial charge in [-0.3, -0.25) is 0 Å². The predicted molar refractivity (Wildman–Crippen MR) is 42.8 cm³/mol. The highest BCUT2D eigenvalue weighted by Gasteiger charge is 2.23. The zero-order valence-corrected chi connectivity index (χ0v) is 6.64. The summed E-state index contributed by atoms with van der Waals surface area (Å²) >= 11 is 0. The summed E-state index contributed by atoms with van der Waals surface area (Å²) in [5.74, 6) is 0. The van der Waals surface area contributed by atoms with Crippen molar-refractivity contribution in [1.29, 1.82) is 0 Å². The highest BCUT2D eigenvalue weighted by Crippen LogP contribution is 2.25. The minimum atomic E-state index is -0.451. The first-order valence-electron chi connectivity index (χ1n) is 4.17. The quantitative estimate of drug-likeness (QED) is 0.583. The van der Waals surface area contributed by atoms with Crippen LogP contribution in [0.2, 0.25) is 0 Å². The Hall–Kier alpha value is -0.300. The van der Waals surface area contributed by atoms with Gasteiger partial charge in [-0.1, -0.05) is 25.5 Å². The molecule has 1 N–H and O–H groups in total. The highest BCUT2D eigenvalue weighted by atomic mass is 16.3. The smallest absolute Gasteiger partial charge is 0.0827 e. The normalized spacial score (nSPS) is 32.6. The van der Waals surface area contributed by atoms with Crippen molar-refractivity contribution < 1.29 is 5.11 Å². The van der Waals surface area contributed by atoms with Crippen LogP contribution in [0.4, 0.5) is 0 Å². The van der Waals surface area contributed by atoms with Crippen LogP contribution in [0.15, 0.2) is 12.2 Å². The molecule has 1 unspecified atom stereocenters. The van der Waals surface area contributed by atoms with E-state index in [4.69, 9.17) is 0 Å². The van der Waals surface area contributed by atoms with Crippen molar-refractivity contribution in [2.75, 3.05) is 0 Å². The lowest BCUT2D eigenvalue weighted by Gasteiger charge is -2.26. The lowest BCUT2D eigenvalue weighted by molar-refractivity contribution is 0.0649. The molecular formula is C9H16O. The van der Waals surface area contributed by atoms with Crippen LogP contribution in [-0.4, -0.2) is 10.7 Å². The molecule has 0 aromatic carbocycles. The minimum absolute atomic E-state index is 0.451. The summed E-state index contributed by atoms with van der Waals surface area (Å²) < 4.78 is 0. The molecule has 0 fully saturated rings. The fourth-order valence-electron chi connectivity index (χ4n) is 1.55. The van der Waals surface area contributed by atoms with Gasteiger partial charge in [0.05, 0.1) is 5.60 Å². The van der Waals surface area contributed by atoms with E-state index < -0.39 is 5.60 Å². The van der Waals surface area contributed by atoms with Gasteiger partial charge in [-0.15, -0.1) is 0 Å². The third-order valence-electron chi connectivity index (χ3n) is 2.09. The van der Waals surface area contributed by atoms with Gasteiger partial charge in [-0.05, 0) is 25.7 Å². The van der Waals surface area contributed by atoms with Gasteiger partial charge in [0.15, 0.2) is 0 Å². The number of hydrogen-bond donors (Lipinski definition) is 1. The molecular weight excluding hydrogens is 124 g/mol. The second kappa shape index (κ2) is 3.20. The largest absolute Gasteiger partial charge is 0.386 e. The van der Waals surface area contributed by atoms with Crippen molar-refractivity contribution in [2.45, 2.75) is 44.6 Å². The Labute approximate surface area is 62.8 Å². The maximum Gasteiger partial charge on any atom is 0.0827 e. The van der Waals surface area contributed by atoms with Crippen LogP contribution in [-0.2, 0) is 0 Å². The van der Waals surface area contributed by atoms with Gasteiger partial charge in [0.1, 0.15) is 0 Å². The molecule has 0 amide bonds. The molecule has 1 aliphatic carbocycles. The van der Waals surface area contributed by atoms with Gasteiger partial charge in [0.2, 0.25) is 0 Å².